The first kappa shape index (κ1) is 28.3. The van der Waals surface area contributed by atoms with E-state index in [9.17, 15) is 19.7 Å². The monoisotopic (exact) mass is 568 g/mol. The van der Waals surface area contributed by atoms with Crippen LogP contribution >= 0.6 is 0 Å². The predicted molar refractivity (Wildman–Crippen MR) is 153 cm³/mol. The van der Waals surface area contributed by atoms with E-state index in [1.165, 1.54) is 24.3 Å². The highest BCUT2D eigenvalue weighted by Crippen LogP contribution is 2.44. The molecule has 0 bridgehead atoms. The van der Waals surface area contributed by atoms with Crippen molar-refractivity contribution in [1.29, 1.82) is 0 Å². The molecule has 0 radical (unpaired) electrons. The molecule has 1 N–H and O–H groups in total. The second kappa shape index (κ2) is 13.4. The molecule has 0 aromatic heterocycles. The van der Waals surface area contributed by atoms with Crippen molar-refractivity contribution in [2.75, 3.05) is 19.8 Å². The standard InChI is InChI=1S/C32H28N2O8/c35-31(40-21-30-28-12-6-4-10-26(28)27-11-5-7-13-29(27)30)33-23(19-39-18-22-8-2-1-3-9-22)20-41-32(36)42-25-16-14-24(15-17-25)34(37)38/h1-17,23,30H,18-21H2,(H,33,35)/t23-/m1/s1. The average Bonchev–Trinajstić information content (AvgIpc) is 3.33. The van der Waals surface area contributed by atoms with E-state index in [0.29, 0.717) is 0 Å². The Bertz CT molecular complexity index is 1500. The van der Waals surface area contributed by atoms with Gasteiger partial charge < -0.3 is 24.3 Å². The van der Waals surface area contributed by atoms with Gasteiger partial charge in [-0.1, -0.05) is 78.9 Å². The molecule has 0 aliphatic heterocycles. The van der Waals surface area contributed by atoms with Gasteiger partial charge in [0.05, 0.1) is 24.2 Å². The third kappa shape index (κ3) is 7.10. The van der Waals surface area contributed by atoms with E-state index in [1.807, 2.05) is 66.7 Å². The smallest absolute Gasteiger partial charge is 0.449 e. The van der Waals surface area contributed by atoms with Gasteiger partial charge in [-0.15, -0.1) is 0 Å². The molecule has 0 unspecified atom stereocenters. The highest BCUT2D eigenvalue weighted by atomic mass is 16.7. The van der Waals surface area contributed by atoms with Crippen LogP contribution in [0.25, 0.3) is 11.1 Å². The van der Waals surface area contributed by atoms with Gasteiger partial charge >= 0.3 is 12.2 Å². The molecule has 1 amide bonds. The molecule has 1 atom stereocenters. The lowest BCUT2D eigenvalue weighted by Gasteiger charge is -2.20. The first-order valence-electron chi connectivity index (χ1n) is 13.3. The summed E-state index contributed by atoms with van der Waals surface area (Å²) in [6.45, 7) is 0.187. The molecular formula is C32H28N2O8. The summed E-state index contributed by atoms with van der Waals surface area (Å²) >= 11 is 0. The maximum atomic E-state index is 12.9. The number of carbonyl (C=O) groups is 2. The summed E-state index contributed by atoms with van der Waals surface area (Å²) in [7, 11) is 0. The molecule has 4 aromatic carbocycles. The molecule has 0 saturated heterocycles. The summed E-state index contributed by atoms with van der Waals surface area (Å²) < 4.78 is 21.7. The number of non-ortho nitro benzene ring substituents is 1. The average molecular weight is 569 g/mol. The van der Waals surface area contributed by atoms with E-state index < -0.39 is 23.2 Å². The Morgan fingerprint density at radius 2 is 1.40 bits per heavy atom. The van der Waals surface area contributed by atoms with Gasteiger partial charge in [-0.2, -0.15) is 0 Å². The van der Waals surface area contributed by atoms with Gasteiger partial charge in [0.25, 0.3) is 5.69 Å². The molecule has 10 nitrogen and oxygen atoms in total. The van der Waals surface area contributed by atoms with Gasteiger partial charge in [-0.05, 0) is 39.9 Å². The SMILES string of the molecule is O=C(N[C@H](COCc1ccccc1)COC(=O)Oc1ccc([N+](=O)[O-])cc1)OCC1c2ccccc2-c2ccccc21. The summed E-state index contributed by atoms with van der Waals surface area (Å²) in [4.78, 5) is 35.4. The topological polar surface area (TPSA) is 126 Å². The minimum Gasteiger partial charge on any atom is -0.449 e. The van der Waals surface area contributed by atoms with Gasteiger partial charge in [0.2, 0.25) is 0 Å². The summed E-state index contributed by atoms with van der Waals surface area (Å²) in [6, 6.07) is 29.8. The molecule has 214 valence electrons. The Hall–Kier alpha value is -5.22. The summed E-state index contributed by atoms with van der Waals surface area (Å²) in [5.41, 5.74) is 5.22. The zero-order valence-electron chi connectivity index (χ0n) is 22.5. The number of benzene rings is 4. The molecule has 4 aromatic rings. The number of fused-ring (bicyclic) bond motifs is 3. The number of amides is 1. The van der Waals surface area contributed by atoms with Crippen molar-refractivity contribution in [1.82, 2.24) is 5.32 Å². The minimum atomic E-state index is -1.04. The van der Waals surface area contributed by atoms with Crippen molar-refractivity contribution in [3.63, 3.8) is 0 Å². The zero-order chi connectivity index (χ0) is 29.3. The lowest BCUT2D eigenvalue weighted by Crippen LogP contribution is -2.42. The van der Waals surface area contributed by atoms with E-state index in [2.05, 4.69) is 17.4 Å². The van der Waals surface area contributed by atoms with Gasteiger partial charge in [-0.25, -0.2) is 9.59 Å². The highest BCUT2D eigenvalue weighted by Gasteiger charge is 2.29. The first-order chi connectivity index (χ1) is 20.5. The maximum absolute atomic E-state index is 12.9. The molecule has 0 heterocycles. The van der Waals surface area contributed by atoms with Crippen LogP contribution < -0.4 is 10.1 Å². The van der Waals surface area contributed by atoms with Gasteiger partial charge in [-0.3, -0.25) is 10.1 Å². The van der Waals surface area contributed by atoms with Crippen molar-refractivity contribution >= 4 is 17.9 Å². The fourth-order valence-electron chi connectivity index (χ4n) is 4.76. The molecular weight excluding hydrogens is 540 g/mol. The zero-order valence-corrected chi connectivity index (χ0v) is 22.5. The second-order valence-corrected chi connectivity index (χ2v) is 9.58. The van der Waals surface area contributed by atoms with E-state index in [0.717, 1.165) is 27.8 Å². The largest absolute Gasteiger partial charge is 0.513 e. The van der Waals surface area contributed by atoms with Crippen LogP contribution in [0.5, 0.6) is 5.75 Å². The molecule has 0 spiro atoms. The second-order valence-electron chi connectivity index (χ2n) is 9.58. The molecule has 42 heavy (non-hydrogen) atoms. The fraction of sp³-hybridized carbons (Fsp3) is 0.188. The molecule has 10 heteroatoms. The normalized spacial score (nSPS) is 12.5. The van der Waals surface area contributed by atoms with Crippen LogP contribution in [0.15, 0.2) is 103 Å². The number of hydrogen-bond donors (Lipinski definition) is 1. The number of nitro benzene ring substituents is 1. The van der Waals surface area contributed by atoms with Crippen LogP contribution in [0.4, 0.5) is 15.3 Å². The van der Waals surface area contributed by atoms with Gasteiger partial charge in [0.1, 0.15) is 19.0 Å². The van der Waals surface area contributed by atoms with E-state index >= 15 is 0 Å². The van der Waals surface area contributed by atoms with Crippen LogP contribution in [-0.4, -0.2) is 43.0 Å². The molecule has 0 fully saturated rings. The van der Waals surface area contributed by atoms with Gasteiger partial charge in [0, 0.05) is 18.1 Å². The Morgan fingerprint density at radius 3 is 2.05 bits per heavy atom. The summed E-state index contributed by atoms with van der Waals surface area (Å²) in [6.07, 6.45) is -1.72. The van der Waals surface area contributed by atoms with Crippen LogP contribution in [0.3, 0.4) is 0 Å². The Morgan fingerprint density at radius 1 is 0.786 bits per heavy atom. The maximum Gasteiger partial charge on any atom is 0.513 e. The molecule has 1 aliphatic rings. The molecule has 1 aliphatic carbocycles. The Labute approximate surface area is 241 Å². The van der Waals surface area contributed by atoms with Crippen molar-refractivity contribution in [3.8, 4) is 16.9 Å². The van der Waals surface area contributed by atoms with E-state index in [4.69, 9.17) is 18.9 Å². The number of rotatable bonds is 11. The first-order valence-corrected chi connectivity index (χ1v) is 13.3. The van der Waals surface area contributed by atoms with Crippen molar-refractivity contribution in [3.05, 3.63) is 130 Å². The third-order valence-electron chi connectivity index (χ3n) is 6.75. The number of nitrogens with zero attached hydrogens (tertiary/aromatic N) is 1. The summed E-state index contributed by atoms with van der Waals surface area (Å²) in [5, 5.41) is 13.5. The number of carbonyl (C=O) groups excluding carboxylic acids is 2. The van der Waals surface area contributed by atoms with Crippen molar-refractivity contribution in [2.45, 2.75) is 18.6 Å². The fourth-order valence-corrected chi connectivity index (χ4v) is 4.76. The highest BCUT2D eigenvalue weighted by molar-refractivity contribution is 5.79. The predicted octanol–water partition coefficient (Wildman–Crippen LogP) is 6.23. The Balaban J connectivity index is 1.18. The van der Waals surface area contributed by atoms with E-state index in [-0.39, 0.29) is 43.8 Å². The van der Waals surface area contributed by atoms with E-state index in [1.54, 1.807) is 0 Å². The molecule has 5 rings (SSSR count). The Kier molecular flexibility index (Phi) is 9.05. The number of nitrogens with one attached hydrogen (secondary N) is 1. The van der Waals surface area contributed by atoms with Crippen LogP contribution in [0.2, 0.25) is 0 Å². The van der Waals surface area contributed by atoms with Crippen molar-refractivity contribution < 1.29 is 33.5 Å². The lowest BCUT2D eigenvalue weighted by atomic mass is 9.98. The van der Waals surface area contributed by atoms with Gasteiger partial charge in [0.15, 0.2) is 0 Å². The molecule has 0 saturated carbocycles. The number of ether oxygens (including phenoxy) is 4. The van der Waals surface area contributed by atoms with Crippen molar-refractivity contribution in [2.24, 2.45) is 0 Å². The minimum absolute atomic E-state index is 0.0316. The summed E-state index contributed by atoms with van der Waals surface area (Å²) in [5.74, 6) is -0.0316. The number of alkyl carbamates (subject to hydrolysis) is 1. The number of nitro groups is 1. The number of hydrogen-bond acceptors (Lipinski definition) is 8. The van der Waals surface area contributed by atoms with Crippen LogP contribution in [-0.2, 0) is 20.8 Å². The third-order valence-corrected chi connectivity index (χ3v) is 6.75. The van der Waals surface area contributed by atoms with Crippen LogP contribution in [0.1, 0.15) is 22.6 Å². The quantitative estimate of drug-likeness (QED) is 0.0976. The lowest BCUT2D eigenvalue weighted by molar-refractivity contribution is -0.384. The van der Waals surface area contributed by atoms with Crippen LogP contribution in [0, 0.1) is 10.1 Å².